The Morgan fingerprint density at radius 2 is 1.55 bits per heavy atom. The summed E-state index contributed by atoms with van der Waals surface area (Å²) in [6.45, 7) is -0.226. The third-order valence-corrected chi connectivity index (χ3v) is 5.78. The molecule has 6 nitrogen and oxygen atoms in total. The van der Waals surface area contributed by atoms with Gasteiger partial charge in [0.25, 0.3) is 0 Å². The van der Waals surface area contributed by atoms with E-state index in [4.69, 9.17) is 5.10 Å². The van der Waals surface area contributed by atoms with Gasteiger partial charge in [0, 0.05) is 29.8 Å². The number of benzene rings is 2. The molecular weight excluding hydrogens is 386 g/mol. The molecular formula is C22H19N3O3S. The van der Waals surface area contributed by atoms with Crippen molar-refractivity contribution in [1.29, 1.82) is 0 Å². The number of hydrogen-bond donors (Lipinski definition) is 1. The monoisotopic (exact) mass is 405 g/mol. The van der Waals surface area contributed by atoms with Gasteiger partial charge in [-0.05, 0) is 42.0 Å². The molecule has 7 heteroatoms. The Balaban J connectivity index is 1.97. The number of aliphatic hydroxyl groups is 1. The minimum atomic E-state index is -3.30. The summed E-state index contributed by atoms with van der Waals surface area (Å²) >= 11 is 0. The van der Waals surface area contributed by atoms with Crippen LogP contribution in [0.3, 0.4) is 0 Å². The van der Waals surface area contributed by atoms with Gasteiger partial charge in [-0.1, -0.05) is 30.3 Å². The van der Waals surface area contributed by atoms with Gasteiger partial charge in [0.1, 0.15) is 5.69 Å². The number of para-hydroxylation sites is 1. The summed E-state index contributed by atoms with van der Waals surface area (Å²) < 4.78 is 25.4. The first-order valence-electron chi connectivity index (χ1n) is 8.98. The summed E-state index contributed by atoms with van der Waals surface area (Å²) in [7, 11) is -3.30. The lowest BCUT2D eigenvalue weighted by molar-refractivity contribution is 0.273. The molecule has 0 saturated carbocycles. The Morgan fingerprint density at radius 3 is 2.14 bits per heavy atom. The van der Waals surface area contributed by atoms with Crippen LogP contribution in [-0.2, 0) is 16.4 Å². The molecule has 0 amide bonds. The lowest BCUT2D eigenvalue weighted by Gasteiger charge is -2.08. The number of pyridine rings is 1. The van der Waals surface area contributed by atoms with Crippen LogP contribution in [0.25, 0.3) is 28.1 Å². The molecule has 4 aromatic rings. The van der Waals surface area contributed by atoms with Gasteiger partial charge in [-0.3, -0.25) is 4.98 Å². The van der Waals surface area contributed by atoms with Crippen molar-refractivity contribution in [1.82, 2.24) is 14.8 Å². The predicted octanol–water partition coefficient (Wildman–Crippen LogP) is 3.50. The van der Waals surface area contributed by atoms with Gasteiger partial charge in [-0.15, -0.1) is 0 Å². The zero-order valence-corrected chi connectivity index (χ0v) is 16.5. The highest BCUT2D eigenvalue weighted by Gasteiger charge is 2.21. The number of rotatable bonds is 5. The topological polar surface area (TPSA) is 85.1 Å². The van der Waals surface area contributed by atoms with E-state index in [0.717, 1.165) is 22.4 Å². The number of hydrogen-bond acceptors (Lipinski definition) is 5. The molecule has 1 N–H and O–H groups in total. The van der Waals surface area contributed by atoms with Crippen molar-refractivity contribution in [2.45, 2.75) is 11.5 Å². The maximum absolute atomic E-state index is 11.8. The van der Waals surface area contributed by atoms with E-state index in [1.165, 1.54) is 6.26 Å². The van der Waals surface area contributed by atoms with Crippen LogP contribution in [0.5, 0.6) is 0 Å². The molecule has 0 atom stereocenters. The summed E-state index contributed by atoms with van der Waals surface area (Å²) in [4.78, 5) is 4.31. The molecule has 146 valence electrons. The first-order valence-corrected chi connectivity index (χ1v) is 10.9. The summed E-state index contributed by atoms with van der Waals surface area (Å²) in [6.07, 6.45) is 4.55. The molecule has 29 heavy (non-hydrogen) atoms. The minimum Gasteiger partial charge on any atom is -0.390 e. The van der Waals surface area contributed by atoms with E-state index in [0.29, 0.717) is 11.4 Å². The van der Waals surface area contributed by atoms with E-state index in [2.05, 4.69) is 4.98 Å². The van der Waals surface area contributed by atoms with Crippen LogP contribution in [0, 0.1) is 0 Å². The highest BCUT2D eigenvalue weighted by atomic mass is 32.2. The Kier molecular flexibility index (Phi) is 5.00. The molecule has 0 radical (unpaired) electrons. The maximum Gasteiger partial charge on any atom is 0.175 e. The molecule has 2 aromatic carbocycles. The fraction of sp³-hybridized carbons (Fsp3) is 0.0909. The van der Waals surface area contributed by atoms with E-state index in [1.54, 1.807) is 41.3 Å². The first kappa shape index (κ1) is 19.0. The van der Waals surface area contributed by atoms with Gasteiger partial charge in [-0.25, -0.2) is 13.1 Å². The lowest BCUT2D eigenvalue weighted by atomic mass is 9.99. The van der Waals surface area contributed by atoms with Crippen molar-refractivity contribution >= 4 is 9.84 Å². The third-order valence-electron chi connectivity index (χ3n) is 4.66. The average molecular weight is 405 g/mol. The number of aliphatic hydroxyl groups excluding tert-OH is 1. The second kappa shape index (κ2) is 7.62. The Labute approximate surface area is 169 Å². The second-order valence-corrected chi connectivity index (χ2v) is 8.62. The standard InChI is InChI=1S/C22H19N3O3S/c1-29(27,28)19-9-7-16(8-10-19)21-20(15-26)25(18-5-3-2-4-6-18)24-22(21)17-11-13-23-14-12-17/h2-14,26H,15H2,1H3. The van der Waals surface area contributed by atoms with Crippen LogP contribution in [0.2, 0.25) is 0 Å². The van der Waals surface area contributed by atoms with Gasteiger partial charge in [0.2, 0.25) is 0 Å². The van der Waals surface area contributed by atoms with Gasteiger partial charge in [0.15, 0.2) is 9.84 Å². The lowest BCUT2D eigenvalue weighted by Crippen LogP contribution is -2.02. The second-order valence-electron chi connectivity index (χ2n) is 6.61. The van der Waals surface area contributed by atoms with E-state index < -0.39 is 9.84 Å². The van der Waals surface area contributed by atoms with Gasteiger partial charge in [0.05, 0.1) is 22.9 Å². The summed E-state index contributed by atoms with van der Waals surface area (Å²) in [5.41, 5.74) is 4.51. The van der Waals surface area contributed by atoms with Crippen molar-refractivity contribution in [3.8, 4) is 28.1 Å². The summed E-state index contributed by atoms with van der Waals surface area (Å²) in [5, 5.41) is 15.0. The average Bonchev–Trinajstić information content (AvgIpc) is 3.14. The quantitative estimate of drug-likeness (QED) is 0.549. The molecule has 0 aliphatic carbocycles. The minimum absolute atomic E-state index is 0.226. The van der Waals surface area contributed by atoms with Crippen LogP contribution < -0.4 is 0 Å². The molecule has 0 fully saturated rings. The van der Waals surface area contributed by atoms with Crippen molar-refractivity contribution in [3.05, 3.63) is 84.8 Å². The third kappa shape index (κ3) is 3.70. The van der Waals surface area contributed by atoms with Gasteiger partial charge < -0.3 is 5.11 Å². The van der Waals surface area contributed by atoms with E-state index in [1.807, 2.05) is 42.5 Å². The zero-order chi connectivity index (χ0) is 20.4. The van der Waals surface area contributed by atoms with Crippen LogP contribution in [0.15, 0.2) is 84.0 Å². The van der Waals surface area contributed by atoms with Crippen LogP contribution >= 0.6 is 0 Å². The maximum atomic E-state index is 11.8. The molecule has 4 rings (SSSR count). The van der Waals surface area contributed by atoms with Gasteiger partial charge >= 0.3 is 0 Å². The van der Waals surface area contributed by atoms with E-state index in [9.17, 15) is 13.5 Å². The molecule has 0 bridgehead atoms. The Bertz CT molecular complexity index is 1230. The van der Waals surface area contributed by atoms with Crippen LogP contribution in [0.1, 0.15) is 5.69 Å². The smallest absolute Gasteiger partial charge is 0.175 e. The van der Waals surface area contributed by atoms with Crippen molar-refractivity contribution in [2.24, 2.45) is 0 Å². The SMILES string of the molecule is CS(=O)(=O)c1ccc(-c2c(-c3ccncc3)nn(-c3ccccc3)c2CO)cc1. The fourth-order valence-electron chi connectivity index (χ4n) is 3.27. The normalized spacial score (nSPS) is 11.5. The number of sulfone groups is 1. The van der Waals surface area contributed by atoms with Crippen molar-refractivity contribution < 1.29 is 13.5 Å². The fourth-order valence-corrected chi connectivity index (χ4v) is 3.90. The Hall–Kier alpha value is -3.29. The molecule has 2 heterocycles. The van der Waals surface area contributed by atoms with Crippen molar-refractivity contribution in [3.63, 3.8) is 0 Å². The van der Waals surface area contributed by atoms with Gasteiger partial charge in [-0.2, -0.15) is 5.10 Å². The predicted molar refractivity (Wildman–Crippen MR) is 111 cm³/mol. The molecule has 0 aliphatic rings. The van der Waals surface area contributed by atoms with E-state index in [-0.39, 0.29) is 11.5 Å². The molecule has 0 saturated heterocycles. The Morgan fingerprint density at radius 1 is 0.897 bits per heavy atom. The largest absolute Gasteiger partial charge is 0.390 e. The van der Waals surface area contributed by atoms with Crippen LogP contribution in [0.4, 0.5) is 0 Å². The highest BCUT2D eigenvalue weighted by molar-refractivity contribution is 7.90. The van der Waals surface area contributed by atoms with Crippen molar-refractivity contribution in [2.75, 3.05) is 6.26 Å². The molecule has 0 unspecified atom stereocenters. The molecule has 0 spiro atoms. The summed E-state index contributed by atoms with van der Waals surface area (Å²) in [5.74, 6) is 0. The zero-order valence-electron chi connectivity index (χ0n) is 15.7. The molecule has 2 aromatic heterocycles. The first-order chi connectivity index (χ1) is 14.0. The van der Waals surface area contributed by atoms with Crippen LogP contribution in [-0.4, -0.2) is 34.5 Å². The molecule has 0 aliphatic heterocycles. The van der Waals surface area contributed by atoms with E-state index >= 15 is 0 Å². The number of aromatic nitrogens is 3. The number of nitrogens with zero attached hydrogens (tertiary/aromatic N) is 3. The summed E-state index contributed by atoms with van der Waals surface area (Å²) in [6, 6.07) is 19.9. The highest BCUT2D eigenvalue weighted by Crippen LogP contribution is 2.36.